The van der Waals surface area contributed by atoms with Crippen LogP contribution in [-0.4, -0.2) is 18.7 Å². The lowest BCUT2D eigenvalue weighted by atomic mass is 9.99. The van der Waals surface area contributed by atoms with Crippen molar-refractivity contribution < 1.29 is 31.5 Å². The summed E-state index contributed by atoms with van der Waals surface area (Å²) in [5, 5.41) is 0. The smallest absolute Gasteiger partial charge is 0.419 e. The van der Waals surface area contributed by atoms with Crippen LogP contribution in [0, 0.1) is 5.82 Å². The summed E-state index contributed by atoms with van der Waals surface area (Å²) in [6, 6.07) is 0.403. The first-order valence-corrected chi connectivity index (χ1v) is 5.62. The highest BCUT2D eigenvalue weighted by atomic mass is 35.5. The van der Waals surface area contributed by atoms with Crippen LogP contribution in [-0.2, 0) is 15.7 Å². The zero-order valence-corrected chi connectivity index (χ0v) is 11.6. The van der Waals surface area contributed by atoms with Crippen LogP contribution in [0.4, 0.5) is 22.0 Å². The van der Waals surface area contributed by atoms with Gasteiger partial charge in [0, 0.05) is 5.56 Å². The first-order chi connectivity index (χ1) is 9.20. The Morgan fingerprint density at radius 2 is 1.95 bits per heavy atom. The highest BCUT2D eigenvalue weighted by Gasteiger charge is 2.37. The van der Waals surface area contributed by atoms with Gasteiger partial charge in [-0.3, -0.25) is 0 Å². The van der Waals surface area contributed by atoms with Gasteiger partial charge in [-0.05, 0) is 13.0 Å². The molecule has 1 unspecified atom stereocenters. The molecule has 0 aromatic heterocycles. The molecule has 0 aliphatic heterocycles. The zero-order chi connectivity index (χ0) is 15.5. The zero-order valence-electron chi connectivity index (χ0n) is 10.8. The van der Waals surface area contributed by atoms with Gasteiger partial charge < -0.3 is 10.5 Å². The van der Waals surface area contributed by atoms with Crippen molar-refractivity contribution in [3.8, 4) is 0 Å². The Morgan fingerprint density at radius 3 is 2.43 bits per heavy atom. The minimum atomic E-state index is -4.93. The van der Waals surface area contributed by atoms with E-state index in [-0.39, 0.29) is 19.0 Å². The molecular formula is C12H13ClF5NO2. The lowest BCUT2D eigenvalue weighted by Gasteiger charge is -2.18. The molecule has 0 saturated heterocycles. The minimum Gasteiger partial charge on any atom is -0.464 e. The summed E-state index contributed by atoms with van der Waals surface area (Å²) in [5.74, 6) is -3.05. The van der Waals surface area contributed by atoms with E-state index in [9.17, 15) is 26.7 Å². The Balaban J connectivity index is 0.00000400. The van der Waals surface area contributed by atoms with Crippen LogP contribution < -0.4 is 5.73 Å². The lowest BCUT2D eigenvalue weighted by molar-refractivity contribution is -0.149. The minimum absolute atomic E-state index is 0. The number of nitrogens with two attached hydrogens (primary N) is 1. The molecule has 0 fully saturated rings. The molecular weight excluding hydrogens is 321 g/mol. The van der Waals surface area contributed by atoms with E-state index in [1.54, 1.807) is 0 Å². The quantitative estimate of drug-likeness (QED) is 0.680. The largest absolute Gasteiger partial charge is 0.464 e. The van der Waals surface area contributed by atoms with Gasteiger partial charge in [0.2, 0.25) is 6.17 Å². The van der Waals surface area contributed by atoms with Gasteiger partial charge in [0.25, 0.3) is 0 Å². The summed E-state index contributed by atoms with van der Waals surface area (Å²) in [5.41, 5.74) is 3.00. The average molecular weight is 334 g/mol. The molecule has 1 aromatic rings. The number of alkyl halides is 4. The Kier molecular flexibility index (Phi) is 7.05. The summed E-state index contributed by atoms with van der Waals surface area (Å²) >= 11 is 0. The van der Waals surface area contributed by atoms with E-state index < -0.39 is 41.3 Å². The molecule has 120 valence electrons. The normalized spacial score (nSPS) is 14.0. The molecule has 2 N–H and O–H groups in total. The SMILES string of the molecule is CCOC(=O)C(F)[C@H](N)c1cccc(C(F)(F)F)c1F.Cl. The monoisotopic (exact) mass is 333 g/mol. The van der Waals surface area contributed by atoms with Gasteiger partial charge in [-0.15, -0.1) is 12.4 Å². The maximum atomic E-state index is 13.7. The Hall–Kier alpha value is -1.41. The maximum absolute atomic E-state index is 13.7. The molecule has 0 aliphatic rings. The van der Waals surface area contributed by atoms with Gasteiger partial charge in [0.1, 0.15) is 5.82 Å². The highest BCUT2D eigenvalue weighted by molar-refractivity contribution is 5.85. The van der Waals surface area contributed by atoms with Crippen molar-refractivity contribution >= 4 is 18.4 Å². The van der Waals surface area contributed by atoms with Crippen molar-refractivity contribution in [3.05, 3.63) is 35.1 Å². The van der Waals surface area contributed by atoms with Crippen molar-refractivity contribution in [1.29, 1.82) is 0 Å². The van der Waals surface area contributed by atoms with Crippen LogP contribution in [0.2, 0.25) is 0 Å². The molecule has 0 spiro atoms. The van der Waals surface area contributed by atoms with Crippen LogP contribution >= 0.6 is 12.4 Å². The summed E-state index contributed by atoms with van der Waals surface area (Å²) < 4.78 is 69.2. The number of benzene rings is 1. The van der Waals surface area contributed by atoms with Gasteiger partial charge in [0.05, 0.1) is 18.2 Å². The highest BCUT2D eigenvalue weighted by Crippen LogP contribution is 2.34. The molecule has 0 amide bonds. The number of hydrogen-bond donors (Lipinski definition) is 1. The first-order valence-electron chi connectivity index (χ1n) is 5.62. The van der Waals surface area contributed by atoms with Crippen molar-refractivity contribution in [2.24, 2.45) is 5.73 Å². The molecule has 0 saturated carbocycles. The van der Waals surface area contributed by atoms with E-state index in [0.29, 0.717) is 6.07 Å². The van der Waals surface area contributed by atoms with Crippen LogP contribution in [0.5, 0.6) is 0 Å². The van der Waals surface area contributed by atoms with E-state index in [1.165, 1.54) is 6.92 Å². The van der Waals surface area contributed by atoms with Gasteiger partial charge in [-0.25, -0.2) is 13.6 Å². The van der Waals surface area contributed by atoms with E-state index in [1.807, 2.05) is 0 Å². The second kappa shape index (κ2) is 7.56. The third-order valence-corrected chi connectivity index (χ3v) is 2.52. The van der Waals surface area contributed by atoms with Gasteiger partial charge in [-0.1, -0.05) is 12.1 Å². The van der Waals surface area contributed by atoms with Crippen molar-refractivity contribution in [1.82, 2.24) is 0 Å². The maximum Gasteiger partial charge on any atom is 0.419 e. The summed E-state index contributed by atoms with van der Waals surface area (Å²) in [4.78, 5) is 11.1. The number of halogens is 6. The Labute approximate surface area is 123 Å². The molecule has 0 radical (unpaired) electrons. The van der Waals surface area contributed by atoms with E-state index in [4.69, 9.17) is 5.73 Å². The van der Waals surface area contributed by atoms with Gasteiger partial charge >= 0.3 is 12.1 Å². The predicted octanol–water partition coefficient (Wildman–Crippen LogP) is 3.17. The standard InChI is InChI=1S/C12H12F5NO2.ClH/c1-2-20-11(19)9(14)10(18)6-4-3-5-7(8(6)13)12(15,16)17;/h3-5,9-10H,2,18H2,1H3;1H/t9?,10-;/m1./s1. The molecule has 1 aromatic carbocycles. The third-order valence-electron chi connectivity index (χ3n) is 2.52. The number of carbonyl (C=O) groups is 1. The summed E-state index contributed by atoms with van der Waals surface area (Å²) in [6.07, 6.45) is -7.39. The molecule has 1 rings (SSSR count). The number of carbonyl (C=O) groups excluding carboxylic acids is 1. The molecule has 0 heterocycles. The third kappa shape index (κ3) is 4.53. The van der Waals surface area contributed by atoms with Crippen LogP contribution in [0.25, 0.3) is 0 Å². The molecule has 0 aliphatic carbocycles. The topological polar surface area (TPSA) is 52.3 Å². The van der Waals surface area contributed by atoms with E-state index >= 15 is 0 Å². The van der Waals surface area contributed by atoms with E-state index in [0.717, 1.165) is 12.1 Å². The molecule has 21 heavy (non-hydrogen) atoms. The predicted molar refractivity (Wildman–Crippen MR) is 67.1 cm³/mol. The van der Waals surface area contributed by atoms with E-state index in [2.05, 4.69) is 4.74 Å². The first kappa shape index (κ1) is 19.6. The van der Waals surface area contributed by atoms with Crippen molar-refractivity contribution in [2.75, 3.05) is 6.61 Å². The summed E-state index contributed by atoms with van der Waals surface area (Å²) in [7, 11) is 0. The number of esters is 1. The Bertz CT molecular complexity index is 495. The fourth-order valence-electron chi connectivity index (χ4n) is 1.55. The second-order valence-corrected chi connectivity index (χ2v) is 3.89. The Morgan fingerprint density at radius 1 is 1.38 bits per heavy atom. The fraction of sp³-hybridized carbons (Fsp3) is 0.417. The van der Waals surface area contributed by atoms with Gasteiger partial charge in [0.15, 0.2) is 0 Å². The lowest BCUT2D eigenvalue weighted by Crippen LogP contribution is -2.32. The second-order valence-electron chi connectivity index (χ2n) is 3.89. The average Bonchev–Trinajstić information content (AvgIpc) is 2.36. The molecule has 3 nitrogen and oxygen atoms in total. The molecule has 2 atom stereocenters. The van der Waals surface area contributed by atoms with Gasteiger partial charge in [-0.2, -0.15) is 13.2 Å². The number of rotatable bonds is 4. The fourth-order valence-corrected chi connectivity index (χ4v) is 1.55. The van der Waals surface area contributed by atoms with Crippen molar-refractivity contribution in [2.45, 2.75) is 25.3 Å². The van der Waals surface area contributed by atoms with Crippen molar-refractivity contribution in [3.63, 3.8) is 0 Å². The number of hydrogen-bond acceptors (Lipinski definition) is 3. The molecule has 0 bridgehead atoms. The van der Waals surface area contributed by atoms with Crippen LogP contribution in [0.1, 0.15) is 24.1 Å². The number of ether oxygens (including phenoxy) is 1. The molecule has 9 heteroatoms. The van der Waals surface area contributed by atoms with Crippen LogP contribution in [0.3, 0.4) is 0 Å². The van der Waals surface area contributed by atoms with Crippen LogP contribution in [0.15, 0.2) is 18.2 Å². The summed E-state index contributed by atoms with van der Waals surface area (Å²) in [6.45, 7) is 1.29.